The Balaban J connectivity index is 2.30. The summed E-state index contributed by atoms with van der Waals surface area (Å²) in [5.41, 5.74) is 1.71. The van der Waals surface area contributed by atoms with E-state index < -0.39 is 17.8 Å². The third-order valence-corrected chi connectivity index (χ3v) is 3.33. The SMILES string of the molecule is CCCc1ccc(N2C(=O)CC(=O)C2C(=O)OC)cc1. The highest BCUT2D eigenvalue weighted by molar-refractivity contribution is 6.24. The quantitative estimate of drug-likeness (QED) is 0.617. The normalized spacial score (nSPS) is 18.5. The van der Waals surface area contributed by atoms with Gasteiger partial charge in [0.15, 0.2) is 11.8 Å². The molecule has 1 atom stereocenters. The predicted molar refractivity (Wildman–Crippen MR) is 73.4 cm³/mol. The van der Waals surface area contributed by atoms with Crippen LogP contribution in [0.1, 0.15) is 25.3 Å². The molecule has 1 aromatic rings. The molecule has 106 valence electrons. The fourth-order valence-corrected chi connectivity index (χ4v) is 2.37. The summed E-state index contributed by atoms with van der Waals surface area (Å²) in [6, 6.07) is 6.19. The minimum Gasteiger partial charge on any atom is -0.467 e. The Hall–Kier alpha value is -2.17. The van der Waals surface area contributed by atoms with E-state index in [9.17, 15) is 14.4 Å². The summed E-state index contributed by atoms with van der Waals surface area (Å²) in [7, 11) is 1.21. The van der Waals surface area contributed by atoms with Crippen LogP contribution in [0.3, 0.4) is 0 Å². The number of carbonyl (C=O) groups is 3. The molecular formula is C15H17NO4. The molecule has 0 spiro atoms. The lowest BCUT2D eigenvalue weighted by Crippen LogP contribution is -2.42. The van der Waals surface area contributed by atoms with E-state index in [1.807, 2.05) is 12.1 Å². The van der Waals surface area contributed by atoms with E-state index in [0.717, 1.165) is 18.4 Å². The number of anilines is 1. The summed E-state index contributed by atoms with van der Waals surface area (Å²) < 4.78 is 4.61. The van der Waals surface area contributed by atoms with Crippen molar-refractivity contribution in [3.8, 4) is 0 Å². The molecule has 0 bridgehead atoms. The molecular weight excluding hydrogens is 258 g/mol. The van der Waals surface area contributed by atoms with Crippen molar-refractivity contribution in [1.29, 1.82) is 0 Å². The van der Waals surface area contributed by atoms with Gasteiger partial charge in [0.1, 0.15) is 0 Å². The molecule has 5 heteroatoms. The molecule has 0 radical (unpaired) electrons. The van der Waals surface area contributed by atoms with Gasteiger partial charge >= 0.3 is 5.97 Å². The van der Waals surface area contributed by atoms with Gasteiger partial charge in [-0.05, 0) is 24.1 Å². The number of aryl methyl sites for hydroxylation is 1. The summed E-state index contributed by atoms with van der Waals surface area (Å²) in [5, 5.41) is 0. The maximum Gasteiger partial charge on any atom is 0.336 e. The zero-order chi connectivity index (χ0) is 14.7. The third-order valence-electron chi connectivity index (χ3n) is 3.33. The molecule has 20 heavy (non-hydrogen) atoms. The standard InChI is InChI=1S/C15H17NO4/c1-3-4-10-5-7-11(8-6-10)16-13(18)9-12(17)14(16)15(19)20-2/h5-8,14H,3-4,9H2,1-2H3. The molecule has 0 aromatic heterocycles. The minimum atomic E-state index is -1.15. The Morgan fingerprint density at radius 1 is 1.30 bits per heavy atom. The van der Waals surface area contributed by atoms with Gasteiger partial charge in [0.2, 0.25) is 5.91 Å². The number of amides is 1. The Morgan fingerprint density at radius 3 is 2.50 bits per heavy atom. The number of ether oxygens (including phenoxy) is 1. The van der Waals surface area contributed by atoms with E-state index in [-0.39, 0.29) is 12.3 Å². The lowest BCUT2D eigenvalue weighted by molar-refractivity contribution is -0.144. The minimum absolute atomic E-state index is 0.253. The number of esters is 1. The van der Waals surface area contributed by atoms with Crippen LogP contribution in [-0.4, -0.2) is 30.8 Å². The van der Waals surface area contributed by atoms with Crippen molar-refractivity contribution in [1.82, 2.24) is 0 Å². The topological polar surface area (TPSA) is 63.7 Å². The summed E-state index contributed by atoms with van der Waals surface area (Å²) in [6.07, 6.45) is 1.73. The second-order valence-electron chi connectivity index (χ2n) is 4.75. The summed E-state index contributed by atoms with van der Waals surface area (Å²) in [6.45, 7) is 2.09. The molecule has 1 saturated heterocycles. The van der Waals surface area contributed by atoms with Crippen LogP contribution in [0.2, 0.25) is 0 Å². The van der Waals surface area contributed by atoms with Crippen LogP contribution in [0, 0.1) is 0 Å². The van der Waals surface area contributed by atoms with Crippen molar-refractivity contribution in [3.05, 3.63) is 29.8 Å². The second kappa shape index (κ2) is 5.86. The molecule has 5 nitrogen and oxygen atoms in total. The summed E-state index contributed by atoms with van der Waals surface area (Å²) >= 11 is 0. The molecule has 0 aliphatic carbocycles. The number of methoxy groups -OCH3 is 1. The van der Waals surface area contributed by atoms with E-state index >= 15 is 0 Å². The monoisotopic (exact) mass is 275 g/mol. The molecule has 0 N–H and O–H groups in total. The van der Waals surface area contributed by atoms with Crippen molar-refractivity contribution in [3.63, 3.8) is 0 Å². The predicted octanol–water partition coefficient (Wildman–Crippen LogP) is 1.49. The van der Waals surface area contributed by atoms with Crippen molar-refractivity contribution >= 4 is 23.3 Å². The van der Waals surface area contributed by atoms with Gasteiger partial charge in [0, 0.05) is 5.69 Å². The highest BCUT2D eigenvalue weighted by Crippen LogP contribution is 2.26. The van der Waals surface area contributed by atoms with Crippen molar-refractivity contribution in [2.75, 3.05) is 12.0 Å². The number of carbonyl (C=O) groups excluding carboxylic acids is 3. The number of hydrogen-bond donors (Lipinski definition) is 0. The van der Waals surface area contributed by atoms with Gasteiger partial charge < -0.3 is 4.74 Å². The zero-order valence-electron chi connectivity index (χ0n) is 11.6. The van der Waals surface area contributed by atoms with Crippen LogP contribution in [0.5, 0.6) is 0 Å². The maximum absolute atomic E-state index is 11.9. The zero-order valence-corrected chi connectivity index (χ0v) is 11.6. The number of nitrogens with zero attached hydrogens (tertiary/aromatic N) is 1. The van der Waals surface area contributed by atoms with Crippen molar-refractivity contribution in [2.24, 2.45) is 0 Å². The van der Waals surface area contributed by atoms with E-state index in [0.29, 0.717) is 5.69 Å². The molecule has 0 saturated carbocycles. The highest BCUT2D eigenvalue weighted by Gasteiger charge is 2.44. The average molecular weight is 275 g/mol. The first-order chi connectivity index (χ1) is 9.58. The molecule has 1 aliphatic rings. The van der Waals surface area contributed by atoms with Gasteiger partial charge in [-0.25, -0.2) is 4.79 Å². The highest BCUT2D eigenvalue weighted by atomic mass is 16.5. The van der Waals surface area contributed by atoms with Crippen LogP contribution in [0.15, 0.2) is 24.3 Å². The summed E-state index contributed by atoms with van der Waals surface area (Å²) in [4.78, 5) is 36.6. The van der Waals surface area contributed by atoms with Gasteiger partial charge in [-0.1, -0.05) is 25.5 Å². The van der Waals surface area contributed by atoms with Gasteiger partial charge in [-0.3, -0.25) is 14.5 Å². The third kappa shape index (κ3) is 2.57. The molecule has 1 amide bonds. The number of hydrogen-bond acceptors (Lipinski definition) is 4. The van der Waals surface area contributed by atoms with Crippen LogP contribution < -0.4 is 4.90 Å². The Morgan fingerprint density at radius 2 is 1.95 bits per heavy atom. The molecule has 1 fully saturated rings. The first kappa shape index (κ1) is 14.2. The van der Waals surface area contributed by atoms with Crippen LogP contribution in [0.25, 0.3) is 0 Å². The second-order valence-corrected chi connectivity index (χ2v) is 4.75. The summed E-state index contributed by atoms with van der Waals surface area (Å²) in [5.74, 6) is -1.48. The van der Waals surface area contributed by atoms with E-state index in [2.05, 4.69) is 11.7 Å². The largest absolute Gasteiger partial charge is 0.467 e. The van der Waals surface area contributed by atoms with E-state index in [1.54, 1.807) is 12.1 Å². The van der Waals surface area contributed by atoms with Gasteiger partial charge in [-0.2, -0.15) is 0 Å². The molecule has 2 rings (SSSR count). The number of Topliss-reactive ketones (excluding diaryl/α,β-unsaturated/α-hetero) is 1. The first-order valence-electron chi connectivity index (χ1n) is 6.60. The molecule has 1 unspecified atom stereocenters. The van der Waals surface area contributed by atoms with Crippen molar-refractivity contribution in [2.45, 2.75) is 32.2 Å². The number of rotatable bonds is 4. The van der Waals surface area contributed by atoms with Gasteiger partial charge in [0.25, 0.3) is 0 Å². The Labute approximate surface area is 117 Å². The lowest BCUT2D eigenvalue weighted by atomic mass is 10.1. The Kier molecular flexibility index (Phi) is 4.17. The fraction of sp³-hybridized carbons (Fsp3) is 0.400. The van der Waals surface area contributed by atoms with Gasteiger partial charge in [0.05, 0.1) is 13.5 Å². The van der Waals surface area contributed by atoms with Gasteiger partial charge in [-0.15, -0.1) is 0 Å². The van der Waals surface area contributed by atoms with E-state index in [1.165, 1.54) is 12.0 Å². The smallest absolute Gasteiger partial charge is 0.336 e. The van der Waals surface area contributed by atoms with Crippen LogP contribution >= 0.6 is 0 Å². The average Bonchev–Trinajstić information content (AvgIpc) is 2.74. The Bertz CT molecular complexity index is 535. The molecule has 1 aromatic carbocycles. The van der Waals surface area contributed by atoms with E-state index in [4.69, 9.17) is 0 Å². The van der Waals surface area contributed by atoms with Crippen molar-refractivity contribution < 1.29 is 19.1 Å². The molecule has 1 aliphatic heterocycles. The fourth-order valence-electron chi connectivity index (χ4n) is 2.37. The maximum atomic E-state index is 11.9. The lowest BCUT2D eigenvalue weighted by Gasteiger charge is -2.21. The number of benzene rings is 1. The molecule has 1 heterocycles. The van der Waals surface area contributed by atoms with Crippen LogP contribution in [-0.2, 0) is 25.5 Å². The number of ketones is 1. The first-order valence-corrected chi connectivity index (χ1v) is 6.60. The van der Waals surface area contributed by atoms with Crippen LogP contribution in [0.4, 0.5) is 5.69 Å².